The summed E-state index contributed by atoms with van der Waals surface area (Å²) in [5.41, 5.74) is 5.82. The van der Waals surface area contributed by atoms with Gasteiger partial charge >= 0.3 is 0 Å². The molecule has 1 aliphatic heterocycles. The van der Waals surface area contributed by atoms with Gasteiger partial charge in [0.25, 0.3) is 0 Å². The van der Waals surface area contributed by atoms with Gasteiger partial charge in [0, 0.05) is 31.1 Å². The molecule has 19 heavy (non-hydrogen) atoms. The second-order valence-corrected chi connectivity index (χ2v) is 7.88. The molecule has 7 heteroatoms. The van der Waals surface area contributed by atoms with Crippen LogP contribution in [0.4, 0.5) is 0 Å². The molecule has 0 aromatic carbocycles. The van der Waals surface area contributed by atoms with Crippen LogP contribution in [0, 0.1) is 0 Å². The Balaban J connectivity index is 1.75. The Hall–Kier alpha value is -0.660. The van der Waals surface area contributed by atoms with Crippen LogP contribution in [0.1, 0.15) is 32.1 Å². The zero-order valence-corrected chi connectivity index (χ0v) is 11.9. The number of nitrogens with two attached hydrogens (primary N) is 1. The van der Waals surface area contributed by atoms with E-state index in [0.717, 1.165) is 25.7 Å². The van der Waals surface area contributed by atoms with Gasteiger partial charge in [-0.2, -0.15) is 0 Å². The molecule has 1 aliphatic carbocycles. The fraction of sp³-hybridized carbons (Fsp3) is 0.917. The van der Waals surface area contributed by atoms with E-state index in [1.54, 1.807) is 0 Å². The van der Waals surface area contributed by atoms with Crippen LogP contribution in [-0.2, 0) is 14.6 Å². The van der Waals surface area contributed by atoms with Crippen molar-refractivity contribution in [3.05, 3.63) is 0 Å². The molecule has 0 aromatic heterocycles. The average Bonchev–Trinajstić information content (AvgIpc) is 2.30. The zero-order valence-electron chi connectivity index (χ0n) is 11.1. The van der Waals surface area contributed by atoms with Gasteiger partial charge in [-0.05, 0) is 25.7 Å². The SMILES string of the molecule is NC1CCC(NC(=O)CC2CS(=O)(=O)CCN2)CC1. The summed E-state index contributed by atoms with van der Waals surface area (Å²) in [5, 5.41) is 6.07. The molecular weight excluding hydrogens is 266 g/mol. The summed E-state index contributed by atoms with van der Waals surface area (Å²) < 4.78 is 23.0. The summed E-state index contributed by atoms with van der Waals surface area (Å²) in [6, 6.07) is 0.218. The first-order chi connectivity index (χ1) is 8.94. The highest BCUT2D eigenvalue weighted by atomic mass is 32.2. The van der Waals surface area contributed by atoms with Gasteiger partial charge < -0.3 is 16.4 Å². The van der Waals surface area contributed by atoms with E-state index in [9.17, 15) is 13.2 Å². The van der Waals surface area contributed by atoms with Crippen molar-refractivity contribution < 1.29 is 13.2 Å². The van der Waals surface area contributed by atoms with Crippen molar-refractivity contribution in [2.45, 2.75) is 50.2 Å². The highest BCUT2D eigenvalue weighted by Gasteiger charge is 2.27. The third-order valence-electron chi connectivity index (χ3n) is 3.87. The fourth-order valence-electron chi connectivity index (χ4n) is 2.77. The van der Waals surface area contributed by atoms with Gasteiger partial charge in [-0.3, -0.25) is 4.79 Å². The summed E-state index contributed by atoms with van der Waals surface area (Å²) in [6.45, 7) is 0.443. The van der Waals surface area contributed by atoms with Gasteiger partial charge in [0.1, 0.15) is 0 Å². The summed E-state index contributed by atoms with van der Waals surface area (Å²) in [5.74, 6) is 0.178. The molecule has 2 fully saturated rings. The second-order valence-electron chi connectivity index (χ2n) is 5.65. The van der Waals surface area contributed by atoms with E-state index in [0.29, 0.717) is 6.54 Å². The topological polar surface area (TPSA) is 101 Å². The number of amides is 1. The lowest BCUT2D eigenvalue weighted by Crippen LogP contribution is -2.48. The number of carbonyl (C=O) groups is 1. The fourth-order valence-corrected chi connectivity index (χ4v) is 4.22. The first kappa shape index (κ1) is 14.7. The maximum absolute atomic E-state index is 11.9. The molecule has 0 aromatic rings. The van der Waals surface area contributed by atoms with Crippen molar-refractivity contribution >= 4 is 15.7 Å². The minimum atomic E-state index is -2.98. The lowest BCUT2D eigenvalue weighted by atomic mass is 9.92. The summed E-state index contributed by atoms with van der Waals surface area (Å²) >= 11 is 0. The third-order valence-corrected chi connectivity index (χ3v) is 5.61. The summed E-state index contributed by atoms with van der Waals surface area (Å²) in [7, 11) is -2.98. The maximum Gasteiger partial charge on any atom is 0.221 e. The standard InChI is InChI=1S/C12H23N3O3S/c13-9-1-3-10(4-2-9)15-12(16)7-11-8-19(17,18)6-5-14-11/h9-11,14H,1-8,13H2,(H,15,16). The van der Waals surface area contributed by atoms with Crippen molar-refractivity contribution in [3.8, 4) is 0 Å². The van der Waals surface area contributed by atoms with E-state index >= 15 is 0 Å². The molecule has 0 radical (unpaired) electrons. The van der Waals surface area contributed by atoms with Crippen molar-refractivity contribution in [2.75, 3.05) is 18.1 Å². The lowest BCUT2D eigenvalue weighted by Gasteiger charge is -2.28. The molecule has 2 aliphatic rings. The number of rotatable bonds is 3. The Bertz CT molecular complexity index is 416. The highest BCUT2D eigenvalue weighted by molar-refractivity contribution is 7.91. The molecule has 1 unspecified atom stereocenters. The quantitative estimate of drug-likeness (QED) is 0.628. The Morgan fingerprint density at radius 2 is 1.95 bits per heavy atom. The van der Waals surface area contributed by atoms with E-state index in [2.05, 4.69) is 10.6 Å². The van der Waals surface area contributed by atoms with Gasteiger partial charge in [-0.15, -0.1) is 0 Å². The van der Waals surface area contributed by atoms with E-state index in [1.165, 1.54) is 0 Å². The van der Waals surface area contributed by atoms with Crippen LogP contribution < -0.4 is 16.4 Å². The summed E-state index contributed by atoms with van der Waals surface area (Å²) in [4.78, 5) is 11.9. The predicted molar refractivity (Wildman–Crippen MR) is 73.4 cm³/mol. The first-order valence-electron chi connectivity index (χ1n) is 6.93. The van der Waals surface area contributed by atoms with Crippen molar-refractivity contribution in [1.29, 1.82) is 0 Å². The Labute approximate surface area is 114 Å². The molecule has 4 N–H and O–H groups in total. The van der Waals surface area contributed by atoms with Crippen LogP contribution in [0.5, 0.6) is 0 Å². The predicted octanol–water partition coefficient (Wildman–Crippen LogP) is -0.851. The second kappa shape index (κ2) is 6.19. The molecule has 1 saturated heterocycles. The number of hydrogen-bond donors (Lipinski definition) is 3. The molecule has 2 rings (SSSR count). The smallest absolute Gasteiger partial charge is 0.221 e. The average molecular weight is 289 g/mol. The molecule has 110 valence electrons. The van der Waals surface area contributed by atoms with Crippen molar-refractivity contribution in [1.82, 2.24) is 10.6 Å². The van der Waals surface area contributed by atoms with Crippen LogP contribution in [0.3, 0.4) is 0 Å². The number of sulfone groups is 1. The van der Waals surface area contributed by atoms with E-state index in [-0.39, 0.29) is 42.0 Å². The van der Waals surface area contributed by atoms with Crippen LogP contribution in [-0.4, -0.2) is 50.5 Å². The third kappa shape index (κ3) is 4.74. The monoisotopic (exact) mass is 289 g/mol. The molecule has 1 heterocycles. The van der Waals surface area contributed by atoms with E-state index < -0.39 is 9.84 Å². The maximum atomic E-state index is 11.9. The normalized spacial score (nSPS) is 34.7. The van der Waals surface area contributed by atoms with Crippen LogP contribution in [0.2, 0.25) is 0 Å². The molecule has 1 saturated carbocycles. The molecule has 0 spiro atoms. The van der Waals surface area contributed by atoms with Gasteiger partial charge in [0.05, 0.1) is 11.5 Å². The van der Waals surface area contributed by atoms with Crippen LogP contribution in [0.25, 0.3) is 0 Å². The zero-order chi connectivity index (χ0) is 13.9. The first-order valence-corrected chi connectivity index (χ1v) is 8.75. The Kier molecular flexibility index (Phi) is 4.81. The number of nitrogens with one attached hydrogen (secondary N) is 2. The molecule has 6 nitrogen and oxygen atoms in total. The van der Waals surface area contributed by atoms with Gasteiger partial charge in [0.2, 0.25) is 5.91 Å². The van der Waals surface area contributed by atoms with Gasteiger partial charge in [-0.1, -0.05) is 0 Å². The highest BCUT2D eigenvalue weighted by Crippen LogP contribution is 2.17. The molecule has 1 amide bonds. The van der Waals surface area contributed by atoms with Gasteiger partial charge in [-0.25, -0.2) is 8.42 Å². The van der Waals surface area contributed by atoms with Crippen molar-refractivity contribution in [2.24, 2.45) is 5.73 Å². The van der Waals surface area contributed by atoms with E-state index in [4.69, 9.17) is 5.73 Å². The Morgan fingerprint density at radius 1 is 1.26 bits per heavy atom. The van der Waals surface area contributed by atoms with Crippen LogP contribution in [0.15, 0.2) is 0 Å². The van der Waals surface area contributed by atoms with E-state index in [1.807, 2.05) is 0 Å². The van der Waals surface area contributed by atoms with Crippen molar-refractivity contribution in [3.63, 3.8) is 0 Å². The summed E-state index contributed by atoms with van der Waals surface area (Å²) in [6.07, 6.45) is 3.97. The van der Waals surface area contributed by atoms with Gasteiger partial charge in [0.15, 0.2) is 9.84 Å². The van der Waals surface area contributed by atoms with Crippen LogP contribution >= 0.6 is 0 Å². The molecular formula is C12H23N3O3S. The lowest BCUT2D eigenvalue weighted by molar-refractivity contribution is -0.122. The molecule has 0 bridgehead atoms. The molecule has 1 atom stereocenters. The number of carbonyl (C=O) groups excluding carboxylic acids is 1. The Morgan fingerprint density at radius 3 is 2.58 bits per heavy atom. The number of hydrogen-bond acceptors (Lipinski definition) is 5. The minimum absolute atomic E-state index is 0.0601. The largest absolute Gasteiger partial charge is 0.353 e. The minimum Gasteiger partial charge on any atom is -0.353 e.